The highest BCUT2D eigenvalue weighted by Gasteiger charge is 2.13. The molecule has 18 heavy (non-hydrogen) atoms. The van der Waals surface area contributed by atoms with Crippen molar-refractivity contribution in [3.05, 3.63) is 23.3 Å². The minimum atomic E-state index is -0.840. The molecule has 5 heteroatoms. The average molecular weight is 254 g/mol. The second-order valence-corrected chi connectivity index (χ2v) is 3.82. The van der Waals surface area contributed by atoms with Gasteiger partial charge < -0.3 is 19.3 Å². The predicted octanol–water partition coefficient (Wildman–Crippen LogP) is 1.87. The lowest BCUT2D eigenvalue weighted by atomic mass is 10.0. The highest BCUT2D eigenvalue weighted by molar-refractivity contribution is 5.67. The number of aryl methyl sites for hydroxylation is 1. The first-order chi connectivity index (χ1) is 8.62. The summed E-state index contributed by atoms with van der Waals surface area (Å²) in [6, 6.07) is 3.71. The number of benzene rings is 1. The molecule has 0 saturated heterocycles. The average Bonchev–Trinajstić information content (AvgIpc) is 2.35. The lowest BCUT2D eigenvalue weighted by molar-refractivity contribution is -0.136. The van der Waals surface area contributed by atoms with Gasteiger partial charge in [0, 0.05) is 13.5 Å². The zero-order valence-electron chi connectivity index (χ0n) is 10.9. The molecule has 0 aliphatic rings. The van der Waals surface area contributed by atoms with Crippen LogP contribution < -0.4 is 9.47 Å². The molecule has 0 fully saturated rings. The molecule has 0 spiro atoms. The highest BCUT2D eigenvalue weighted by atomic mass is 16.5. The Labute approximate surface area is 106 Å². The first kappa shape index (κ1) is 14.3. The molecular weight excluding hydrogens is 236 g/mol. The van der Waals surface area contributed by atoms with Gasteiger partial charge in [0.2, 0.25) is 0 Å². The number of aliphatic carboxylic acids is 1. The number of hydrogen-bond acceptors (Lipinski definition) is 4. The zero-order chi connectivity index (χ0) is 13.5. The monoisotopic (exact) mass is 254 g/mol. The van der Waals surface area contributed by atoms with Crippen molar-refractivity contribution in [1.29, 1.82) is 0 Å². The topological polar surface area (TPSA) is 65.0 Å². The van der Waals surface area contributed by atoms with Gasteiger partial charge in [-0.05, 0) is 29.7 Å². The molecule has 0 heterocycles. The van der Waals surface area contributed by atoms with Crippen LogP contribution >= 0.6 is 0 Å². The van der Waals surface area contributed by atoms with Gasteiger partial charge in [-0.25, -0.2) is 0 Å². The summed E-state index contributed by atoms with van der Waals surface area (Å²) in [5.41, 5.74) is 1.74. The Kier molecular flexibility index (Phi) is 5.45. The maximum atomic E-state index is 10.6. The van der Waals surface area contributed by atoms with Crippen LogP contribution in [0.4, 0.5) is 0 Å². The smallest absolute Gasteiger partial charge is 0.303 e. The van der Waals surface area contributed by atoms with Crippen LogP contribution in [0.25, 0.3) is 0 Å². The molecule has 1 aromatic carbocycles. The van der Waals surface area contributed by atoms with Gasteiger partial charge in [-0.3, -0.25) is 4.79 Å². The predicted molar refractivity (Wildman–Crippen MR) is 66.2 cm³/mol. The molecule has 1 rings (SSSR count). The van der Waals surface area contributed by atoms with Crippen LogP contribution in [0.15, 0.2) is 12.1 Å². The minimum Gasteiger partial charge on any atom is -0.493 e. The van der Waals surface area contributed by atoms with E-state index in [4.69, 9.17) is 19.3 Å². The molecule has 0 amide bonds. The third kappa shape index (κ3) is 3.63. The first-order valence-electron chi connectivity index (χ1n) is 5.56. The molecule has 100 valence electrons. The quantitative estimate of drug-likeness (QED) is 0.804. The summed E-state index contributed by atoms with van der Waals surface area (Å²) in [6.07, 6.45) is 0.447. The van der Waals surface area contributed by atoms with Gasteiger partial charge in [0.15, 0.2) is 11.5 Å². The molecule has 0 aromatic heterocycles. The lowest BCUT2D eigenvalue weighted by Gasteiger charge is -2.14. The maximum absolute atomic E-state index is 10.6. The van der Waals surface area contributed by atoms with Gasteiger partial charge in [0.25, 0.3) is 0 Å². The summed E-state index contributed by atoms with van der Waals surface area (Å²) in [4.78, 5) is 10.6. The second-order valence-electron chi connectivity index (χ2n) is 3.82. The van der Waals surface area contributed by atoms with E-state index in [0.29, 0.717) is 24.5 Å². The number of hydrogen-bond donors (Lipinski definition) is 1. The number of rotatable bonds is 7. The van der Waals surface area contributed by atoms with Crippen LogP contribution in [-0.2, 0) is 22.6 Å². The van der Waals surface area contributed by atoms with Crippen molar-refractivity contribution in [2.24, 2.45) is 0 Å². The molecule has 0 bridgehead atoms. The van der Waals surface area contributed by atoms with E-state index in [1.807, 2.05) is 12.1 Å². The molecule has 0 atom stereocenters. The summed E-state index contributed by atoms with van der Waals surface area (Å²) in [6.45, 7) is 0.445. The van der Waals surface area contributed by atoms with E-state index in [1.165, 1.54) is 7.11 Å². The molecule has 1 aromatic rings. The Hall–Kier alpha value is -1.75. The van der Waals surface area contributed by atoms with Gasteiger partial charge in [0.05, 0.1) is 20.8 Å². The largest absolute Gasteiger partial charge is 0.493 e. The molecule has 0 radical (unpaired) electrons. The van der Waals surface area contributed by atoms with E-state index in [9.17, 15) is 4.79 Å². The summed E-state index contributed by atoms with van der Waals surface area (Å²) in [5.74, 6) is 0.333. The Morgan fingerprint density at radius 3 is 2.44 bits per heavy atom. The standard InChI is InChI=1S/C13H18O5/c1-16-8-9-6-10(4-5-12(14)15)13(18-3)11(7-9)17-2/h6-7H,4-5,8H2,1-3H3,(H,14,15). The zero-order valence-corrected chi connectivity index (χ0v) is 10.9. The van der Waals surface area contributed by atoms with E-state index >= 15 is 0 Å². The summed E-state index contributed by atoms with van der Waals surface area (Å²) in [7, 11) is 4.70. The lowest BCUT2D eigenvalue weighted by Crippen LogP contribution is -2.03. The molecule has 0 saturated carbocycles. The van der Waals surface area contributed by atoms with E-state index in [1.54, 1.807) is 14.2 Å². The van der Waals surface area contributed by atoms with E-state index in [2.05, 4.69) is 0 Å². The fraction of sp³-hybridized carbons (Fsp3) is 0.462. The number of carboxylic acid groups (broad SMARTS) is 1. The van der Waals surface area contributed by atoms with Crippen LogP contribution in [0.5, 0.6) is 11.5 Å². The van der Waals surface area contributed by atoms with Gasteiger partial charge in [-0.2, -0.15) is 0 Å². The van der Waals surface area contributed by atoms with Crippen LogP contribution in [0.1, 0.15) is 17.5 Å². The maximum Gasteiger partial charge on any atom is 0.303 e. The summed E-state index contributed by atoms with van der Waals surface area (Å²) < 4.78 is 15.6. The van der Waals surface area contributed by atoms with Gasteiger partial charge in [-0.1, -0.05) is 0 Å². The SMILES string of the molecule is COCc1cc(CCC(=O)O)c(OC)c(OC)c1. The third-order valence-electron chi connectivity index (χ3n) is 2.53. The highest BCUT2D eigenvalue weighted by Crippen LogP contribution is 2.33. The Bertz CT molecular complexity index is 414. The number of carboxylic acids is 1. The van der Waals surface area contributed by atoms with Crippen molar-refractivity contribution >= 4 is 5.97 Å². The number of carbonyl (C=O) groups is 1. The summed E-state index contributed by atoms with van der Waals surface area (Å²) >= 11 is 0. The number of ether oxygens (including phenoxy) is 3. The molecule has 0 unspecified atom stereocenters. The van der Waals surface area contributed by atoms with Crippen molar-refractivity contribution in [2.75, 3.05) is 21.3 Å². The van der Waals surface area contributed by atoms with Crippen LogP contribution in [0.2, 0.25) is 0 Å². The Balaban J connectivity index is 3.09. The van der Waals surface area contributed by atoms with Crippen molar-refractivity contribution in [1.82, 2.24) is 0 Å². The van der Waals surface area contributed by atoms with Crippen LogP contribution in [-0.4, -0.2) is 32.4 Å². The second kappa shape index (κ2) is 6.86. The van der Waals surface area contributed by atoms with Crippen LogP contribution in [0.3, 0.4) is 0 Å². The molecular formula is C13H18O5. The van der Waals surface area contributed by atoms with Gasteiger partial charge >= 0.3 is 5.97 Å². The van der Waals surface area contributed by atoms with E-state index in [0.717, 1.165) is 11.1 Å². The number of methoxy groups -OCH3 is 3. The Morgan fingerprint density at radius 1 is 1.22 bits per heavy atom. The first-order valence-corrected chi connectivity index (χ1v) is 5.56. The fourth-order valence-corrected chi connectivity index (χ4v) is 1.78. The minimum absolute atomic E-state index is 0.0515. The van der Waals surface area contributed by atoms with Crippen molar-refractivity contribution in [3.8, 4) is 11.5 Å². The van der Waals surface area contributed by atoms with Crippen molar-refractivity contribution < 1.29 is 24.1 Å². The van der Waals surface area contributed by atoms with Gasteiger partial charge in [-0.15, -0.1) is 0 Å². The molecule has 0 aliphatic carbocycles. The normalized spacial score (nSPS) is 10.2. The fourth-order valence-electron chi connectivity index (χ4n) is 1.78. The third-order valence-corrected chi connectivity index (χ3v) is 2.53. The van der Waals surface area contributed by atoms with E-state index in [-0.39, 0.29) is 6.42 Å². The van der Waals surface area contributed by atoms with Crippen LogP contribution in [0, 0.1) is 0 Å². The molecule has 0 aliphatic heterocycles. The summed E-state index contributed by atoms with van der Waals surface area (Å²) in [5, 5.41) is 8.74. The van der Waals surface area contributed by atoms with Crippen molar-refractivity contribution in [3.63, 3.8) is 0 Å². The Morgan fingerprint density at radius 2 is 1.94 bits per heavy atom. The van der Waals surface area contributed by atoms with E-state index < -0.39 is 5.97 Å². The van der Waals surface area contributed by atoms with Gasteiger partial charge in [0.1, 0.15) is 0 Å². The van der Waals surface area contributed by atoms with Crippen molar-refractivity contribution in [2.45, 2.75) is 19.4 Å². The molecule has 1 N–H and O–H groups in total. The molecule has 5 nitrogen and oxygen atoms in total.